The Labute approximate surface area is 138 Å². The van der Waals surface area contributed by atoms with E-state index >= 15 is 0 Å². The number of nitrogens with zero attached hydrogens (tertiary/aromatic N) is 2. The van der Waals surface area contributed by atoms with Gasteiger partial charge in [-0.1, -0.05) is 23.8 Å². The predicted molar refractivity (Wildman–Crippen MR) is 92.3 cm³/mol. The first-order valence-corrected chi connectivity index (χ1v) is 8.57. The van der Waals surface area contributed by atoms with Crippen molar-refractivity contribution in [3.63, 3.8) is 0 Å². The van der Waals surface area contributed by atoms with Crippen molar-refractivity contribution in [2.24, 2.45) is 0 Å². The predicted octanol–water partition coefficient (Wildman–Crippen LogP) is 4.07. The molecule has 1 aliphatic carbocycles. The normalized spacial score (nSPS) is 19.2. The van der Waals surface area contributed by atoms with Crippen molar-refractivity contribution in [3.05, 3.63) is 53.6 Å². The van der Waals surface area contributed by atoms with Crippen molar-refractivity contribution in [2.45, 2.75) is 38.2 Å². The summed E-state index contributed by atoms with van der Waals surface area (Å²) >= 11 is 0. The number of likely N-dealkylation sites (tertiary alicyclic amines) is 1. The smallest absolute Gasteiger partial charge is 0.119 e. The van der Waals surface area contributed by atoms with Gasteiger partial charge in [-0.15, -0.1) is 0 Å². The SMILES string of the molecule is N#Cc1ccc(OC2CCN(CCC3=CC=CCC3)CC2)cc1. The summed E-state index contributed by atoms with van der Waals surface area (Å²) in [7, 11) is 0. The average Bonchev–Trinajstić information content (AvgIpc) is 2.63. The van der Waals surface area contributed by atoms with Crippen molar-refractivity contribution >= 4 is 0 Å². The van der Waals surface area contributed by atoms with Gasteiger partial charge in [0.1, 0.15) is 11.9 Å². The Hall–Kier alpha value is -2.05. The van der Waals surface area contributed by atoms with E-state index in [4.69, 9.17) is 10.00 Å². The molecule has 0 aromatic heterocycles. The highest BCUT2D eigenvalue weighted by Crippen LogP contribution is 2.21. The molecule has 1 saturated heterocycles. The third-order valence-electron chi connectivity index (χ3n) is 4.67. The van der Waals surface area contributed by atoms with Crippen LogP contribution in [-0.4, -0.2) is 30.6 Å². The summed E-state index contributed by atoms with van der Waals surface area (Å²) in [5, 5.41) is 8.82. The third-order valence-corrected chi connectivity index (χ3v) is 4.67. The Morgan fingerprint density at radius 2 is 1.96 bits per heavy atom. The lowest BCUT2D eigenvalue weighted by Crippen LogP contribution is -2.38. The standard InChI is InChI=1S/C20H24N2O/c21-16-18-6-8-19(9-7-18)23-20-11-14-22(15-12-20)13-10-17-4-2-1-3-5-17/h1-2,4,6-9,20H,3,5,10-15H2. The van der Waals surface area contributed by atoms with Gasteiger partial charge in [-0.05, 0) is 56.4 Å². The number of rotatable bonds is 5. The van der Waals surface area contributed by atoms with Crippen molar-refractivity contribution in [1.82, 2.24) is 4.90 Å². The molecule has 23 heavy (non-hydrogen) atoms. The fourth-order valence-electron chi connectivity index (χ4n) is 3.21. The average molecular weight is 308 g/mol. The van der Waals surface area contributed by atoms with Crippen LogP contribution in [0, 0.1) is 11.3 Å². The first-order valence-electron chi connectivity index (χ1n) is 8.57. The van der Waals surface area contributed by atoms with Crippen LogP contribution >= 0.6 is 0 Å². The van der Waals surface area contributed by atoms with Gasteiger partial charge in [-0.25, -0.2) is 0 Å². The van der Waals surface area contributed by atoms with E-state index in [0.717, 1.165) is 31.7 Å². The van der Waals surface area contributed by atoms with Gasteiger partial charge in [-0.3, -0.25) is 0 Å². The van der Waals surface area contributed by atoms with E-state index in [-0.39, 0.29) is 0 Å². The van der Waals surface area contributed by atoms with Crippen LogP contribution in [-0.2, 0) is 0 Å². The number of hydrogen-bond donors (Lipinski definition) is 0. The monoisotopic (exact) mass is 308 g/mol. The molecular formula is C20H24N2O. The Kier molecular flexibility index (Phi) is 5.50. The van der Waals surface area contributed by atoms with Gasteiger partial charge in [0, 0.05) is 19.6 Å². The van der Waals surface area contributed by atoms with E-state index in [1.807, 2.05) is 24.3 Å². The van der Waals surface area contributed by atoms with Gasteiger partial charge in [0.05, 0.1) is 11.6 Å². The highest BCUT2D eigenvalue weighted by molar-refractivity contribution is 5.34. The number of allylic oxidation sites excluding steroid dienone is 3. The number of ether oxygens (including phenoxy) is 1. The van der Waals surface area contributed by atoms with Crippen molar-refractivity contribution in [1.29, 1.82) is 5.26 Å². The molecule has 1 fully saturated rings. The van der Waals surface area contributed by atoms with Crippen LogP contribution in [0.3, 0.4) is 0 Å². The lowest BCUT2D eigenvalue weighted by molar-refractivity contribution is 0.101. The molecule has 3 nitrogen and oxygen atoms in total. The summed E-state index contributed by atoms with van der Waals surface area (Å²) < 4.78 is 6.04. The van der Waals surface area contributed by atoms with E-state index in [2.05, 4.69) is 29.2 Å². The van der Waals surface area contributed by atoms with Gasteiger partial charge in [-0.2, -0.15) is 5.26 Å². The van der Waals surface area contributed by atoms with Crippen LogP contribution in [0.5, 0.6) is 5.75 Å². The topological polar surface area (TPSA) is 36.3 Å². The molecule has 1 aromatic rings. The molecule has 0 amide bonds. The summed E-state index contributed by atoms with van der Waals surface area (Å²) in [5.41, 5.74) is 2.27. The molecule has 0 spiro atoms. The van der Waals surface area contributed by atoms with E-state index in [0.29, 0.717) is 11.7 Å². The zero-order chi connectivity index (χ0) is 15.9. The van der Waals surface area contributed by atoms with Gasteiger partial charge in [0.2, 0.25) is 0 Å². The Balaban J connectivity index is 1.40. The molecule has 1 heterocycles. The highest BCUT2D eigenvalue weighted by Gasteiger charge is 2.20. The molecule has 1 aromatic carbocycles. The summed E-state index contributed by atoms with van der Waals surface area (Å²) in [6.45, 7) is 3.40. The third kappa shape index (κ3) is 4.71. The molecule has 3 rings (SSSR count). The van der Waals surface area contributed by atoms with Crippen LogP contribution in [0.1, 0.15) is 37.7 Å². The van der Waals surface area contributed by atoms with Crippen LogP contribution in [0.2, 0.25) is 0 Å². The maximum absolute atomic E-state index is 8.82. The minimum absolute atomic E-state index is 0.302. The molecule has 0 atom stereocenters. The largest absolute Gasteiger partial charge is 0.490 e. The first-order chi connectivity index (χ1) is 11.3. The van der Waals surface area contributed by atoms with Crippen molar-refractivity contribution in [3.8, 4) is 11.8 Å². The van der Waals surface area contributed by atoms with Gasteiger partial charge in [0.25, 0.3) is 0 Å². The molecule has 1 aliphatic heterocycles. The summed E-state index contributed by atoms with van der Waals surface area (Å²) in [5.74, 6) is 0.876. The molecule has 120 valence electrons. The number of hydrogen-bond acceptors (Lipinski definition) is 3. The summed E-state index contributed by atoms with van der Waals surface area (Å²) in [6.07, 6.45) is 12.8. The lowest BCUT2D eigenvalue weighted by atomic mass is 10.0. The number of benzene rings is 1. The van der Waals surface area contributed by atoms with Crippen LogP contribution < -0.4 is 4.74 Å². The van der Waals surface area contributed by atoms with E-state index in [9.17, 15) is 0 Å². The van der Waals surface area contributed by atoms with E-state index in [1.165, 1.54) is 25.8 Å². The minimum Gasteiger partial charge on any atom is -0.490 e. The quantitative estimate of drug-likeness (QED) is 0.822. The van der Waals surface area contributed by atoms with Crippen LogP contribution in [0.25, 0.3) is 0 Å². The number of piperidine rings is 1. The Morgan fingerprint density at radius 1 is 1.17 bits per heavy atom. The van der Waals surface area contributed by atoms with Gasteiger partial charge >= 0.3 is 0 Å². The molecule has 2 aliphatic rings. The minimum atomic E-state index is 0.302. The first kappa shape index (κ1) is 15.8. The van der Waals surface area contributed by atoms with Crippen molar-refractivity contribution in [2.75, 3.05) is 19.6 Å². The molecule has 3 heteroatoms. The maximum atomic E-state index is 8.82. The second-order valence-electron chi connectivity index (χ2n) is 6.34. The zero-order valence-corrected chi connectivity index (χ0v) is 13.6. The van der Waals surface area contributed by atoms with Gasteiger partial charge < -0.3 is 9.64 Å². The van der Waals surface area contributed by atoms with Crippen LogP contribution in [0.4, 0.5) is 0 Å². The summed E-state index contributed by atoms with van der Waals surface area (Å²) in [6, 6.07) is 9.56. The van der Waals surface area contributed by atoms with Gasteiger partial charge in [0.15, 0.2) is 0 Å². The molecule has 0 radical (unpaired) electrons. The Morgan fingerprint density at radius 3 is 2.61 bits per heavy atom. The Bertz CT molecular complexity index is 602. The highest BCUT2D eigenvalue weighted by atomic mass is 16.5. The fraction of sp³-hybridized carbons (Fsp3) is 0.450. The summed E-state index contributed by atoms with van der Waals surface area (Å²) in [4.78, 5) is 2.55. The second kappa shape index (κ2) is 7.99. The van der Waals surface area contributed by atoms with E-state index in [1.54, 1.807) is 5.57 Å². The lowest BCUT2D eigenvalue weighted by Gasteiger charge is -2.32. The van der Waals surface area contributed by atoms with E-state index < -0.39 is 0 Å². The van der Waals surface area contributed by atoms with Crippen molar-refractivity contribution < 1.29 is 4.74 Å². The van der Waals surface area contributed by atoms with Crippen LogP contribution in [0.15, 0.2) is 48.1 Å². The molecule has 0 saturated carbocycles. The second-order valence-corrected chi connectivity index (χ2v) is 6.34. The maximum Gasteiger partial charge on any atom is 0.119 e. The molecule has 0 unspecified atom stereocenters. The molecular weight excluding hydrogens is 284 g/mol. The molecule has 0 N–H and O–H groups in total. The molecule has 0 bridgehead atoms. The fourth-order valence-corrected chi connectivity index (χ4v) is 3.21. The number of nitriles is 1. The zero-order valence-electron chi connectivity index (χ0n) is 13.6.